The number of primary amides is 1. The summed E-state index contributed by atoms with van der Waals surface area (Å²) in [5.41, 5.74) is 5.18. The number of aliphatic hydroxyl groups is 1. The minimum Gasteiger partial charge on any atom is -0.396 e. The molecule has 0 saturated carbocycles. The predicted octanol–water partition coefficient (Wildman–Crippen LogP) is -0.909. The van der Waals surface area contributed by atoms with Gasteiger partial charge in [-0.25, -0.2) is 0 Å². The Morgan fingerprint density at radius 1 is 1.79 bits per heavy atom. The van der Waals surface area contributed by atoms with E-state index in [0.29, 0.717) is 19.4 Å². The monoisotopic (exact) mass is 200 g/mol. The van der Waals surface area contributed by atoms with Crippen molar-refractivity contribution in [3.05, 3.63) is 0 Å². The Balaban J connectivity index is 2.68. The zero-order valence-electron chi connectivity index (χ0n) is 8.27. The molecule has 0 bridgehead atoms. The van der Waals surface area contributed by atoms with E-state index in [1.54, 1.807) is 0 Å². The van der Waals surface area contributed by atoms with E-state index in [1.165, 1.54) is 4.90 Å². The molecule has 5 nitrogen and oxygen atoms in total. The molecule has 1 aliphatic heterocycles. The third kappa shape index (κ3) is 2.04. The maximum Gasteiger partial charge on any atom is 0.240 e. The van der Waals surface area contributed by atoms with Crippen LogP contribution in [0.5, 0.6) is 0 Å². The lowest BCUT2D eigenvalue weighted by Gasteiger charge is -2.24. The predicted molar refractivity (Wildman–Crippen MR) is 50.2 cm³/mol. The van der Waals surface area contributed by atoms with Gasteiger partial charge in [0, 0.05) is 25.5 Å². The number of aliphatic hydroxyl groups excluding tert-OH is 1. The number of nitrogens with zero attached hydrogens (tertiary/aromatic N) is 1. The summed E-state index contributed by atoms with van der Waals surface area (Å²) in [5, 5.41) is 8.90. The van der Waals surface area contributed by atoms with E-state index < -0.39 is 11.9 Å². The molecule has 14 heavy (non-hydrogen) atoms. The summed E-state index contributed by atoms with van der Waals surface area (Å²) in [4.78, 5) is 24.0. The number of rotatable bonds is 4. The van der Waals surface area contributed by atoms with Crippen molar-refractivity contribution in [3.63, 3.8) is 0 Å². The Morgan fingerprint density at radius 2 is 2.43 bits per heavy atom. The number of carbonyl (C=O) groups is 2. The van der Waals surface area contributed by atoms with Gasteiger partial charge in [-0.2, -0.15) is 0 Å². The van der Waals surface area contributed by atoms with Crippen LogP contribution in [0, 0.1) is 5.92 Å². The number of hydrogen-bond donors (Lipinski definition) is 2. The molecule has 2 amide bonds. The SMILES string of the molecule is CCC(C(N)=O)N1C[C@H](CO)CC1=O. The minimum atomic E-state index is -0.515. The Bertz CT molecular complexity index is 242. The number of amides is 2. The molecule has 3 N–H and O–H groups in total. The van der Waals surface area contributed by atoms with E-state index in [4.69, 9.17) is 10.8 Å². The first-order valence-electron chi connectivity index (χ1n) is 4.79. The van der Waals surface area contributed by atoms with Crippen LogP contribution < -0.4 is 5.73 Å². The lowest BCUT2D eigenvalue weighted by molar-refractivity contribution is -0.136. The molecule has 0 aromatic rings. The Hall–Kier alpha value is -1.10. The molecule has 1 unspecified atom stereocenters. The standard InChI is InChI=1S/C9H16N2O3/c1-2-7(9(10)14)11-4-6(5-12)3-8(11)13/h6-7,12H,2-5H2,1H3,(H2,10,14)/t6-,7?/m1/s1. The van der Waals surface area contributed by atoms with Gasteiger partial charge in [-0.1, -0.05) is 6.92 Å². The van der Waals surface area contributed by atoms with Gasteiger partial charge >= 0.3 is 0 Å². The van der Waals surface area contributed by atoms with Crippen molar-refractivity contribution in [2.24, 2.45) is 11.7 Å². The Kier molecular flexibility index (Phi) is 3.46. The van der Waals surface area contributed by atoms with Crippen molar-refractivity contribution >= 4 is 11.8 Å². The quantitative estimate of drug-likeness (QED) is 0.616. The molecule has 0 radical (unpaired) electrons. The molecule has 1 fully saturated rings. The summed E-state index contributed by atoms with van der Waals surface area (Å²) in [6.07, 6.45) is 0.847. The van der Waals surface area contributed by atoms with Crippen LogP contribution in [0.4, 0.5) is 0 Å². The molecule has 80 valence electrons. The highest BCUT2D eigenvalue weighted by Gasteiger charge is 2.35. The molecule has 0 aliphatic carbocycles. The molecule has 0 aromatic heterocycles. The maximum atomic E-state index is 11.5. The van der Waals surface area contributed by atoms with Gasteiger partial charge in [0.15, 0.2) is 0 Å². The third-order valence-electron chi connectivity index (χ3n) is 2.59. The molecule has 0 spiro atoms. The van der Waals surface area contributed by atoms with E-state index in [0.717, 1.165) is 0 Å². The lowest BCUT2D eigenvalue weighted by atomic mass is 10.1. The number of carbonyl (C=O) groups excluding carboxylic acids is 2. The maximum absolute atomic E-state index is 11.5. The summed E-state index contributed by atoms with van der Waals surface area (Å²) in [6, 6.07) is -0.515. The fraction of sp³-hybridized carbons (Fsp3) is 0.778. The average Bonchev–Trinajstić information content (AvgIpc) is 2.48. The van der Waals surface area contributed by atoms with Crippen LogP contribution in [0.1, 0.15) is 19.8 Å². The van der Waals surface area contributed by atoms with Crippen LogP contribution in [-0.4, -0.2) is 41.0 Å². The molecule has 1 heterocycles. The van der Waals surface area contributed by atoms with Crippen molar-refractivity contribution in [2.75, 3.05) is 13.2 Å². The molecular formula is C9H16N2O3. The first-order valence-corrected chi connectivity index (χ1v) is 4.79. The lowest BCUT2D eigenvalue weighted by Crippen LogP contribution is -2.45. The van der Waals surface area contributed by atoms with Crippen molar-refractivity contribution in [1.82, 2.24) is 4.90 Å². The van der Waals surface area contributed by atoms with Gasteiger partial charge in [0.05, 0.1) is 0 Å². The summed E-state index contributed by atoms with van der Waals surface area (Å²) in [6.45, 7) is 2.24. The summed E-state index contributed by atoms with van der Waals surface area (Å²) < 4.78 is 0. The summed E-state index contributed by atoms with van der Waals surface area (Å²) in [5.74, 6) is -0.606. The van der Waals surface area contributed by atoms with Crippen LogP contribution in [0.15, 0.2) is 0 Å². The molecule has 2 atom stereocenters. The van der Waals surface area contributed by atoms with E-state index in [9.17, 15) is 9.59 Å². The fourth-order valence-electron chi connectivity index (χ4n) is 1.81. The van der Waals surface area contributed by atoms with Gasteiger partial charge in [0.1, 0.15) is 6.04 Å². The fourth-order valence-corrected chi connectivity index (χ4v) is 1.81. The molecular weight excluding hydrogens is 184 g/mol. The largest absolute Gasteiger partial charge is 0.396 e. The topological polar surface area (TPSA) is 83.6 Å². The van der Waals surface area contributed by atoms with Crippen molar-refractivity contribution in [3.8, 4) is 0 Å². The van der Waals surface area contributed by atoms with E-state index in [2.05, 4.69) is 0 Å². The van der Waals surface area contributed by atoms with E-state index in [1.807, 2.05) is 6.92 Å². The van der Waals surface area contributed by atoms with E-state index >= 15 is 0 Å². The van der Waals surface area contributed by atoms with Crippen LogP contribution in [0.25, 0.3) is 0 Å². The van der Waals surface area contributed by atoms with Gasteiger partial charge < -0.3 is 15.7 Å². The molecule has 1 aliphatic rings. The summed E-state index contributed by atoms with van der Waals surface area (Å²) >= 11 is 0. The highest BCUT2D eigenvalue weighted by atomic mass is 16.3. The second-order valence-corrected chi connectivity index (χ2v) is 3.63. The van der Waals surface area contributed by atoms with E-state index in [-0.39, 0.29) is 18.4 Å². The molecule has 1 rings (SSSR count). The van der Waals surface area contributed by atoms with Crippen LogP contribution >= 0.6 is 0 Å². The van der Waals surface area contributed by atoms with Crippen LogP contribution in [0.3, 0.4) is 0 Å². The minimum absolute atomic E-state index is 0.0164. The van der Waals surface area contributed by atoms with Crippen molar-refractivity contribution in [2.45, 2.75) is 25.8 Å². The third-order valence-corrected chi connectivity index (χ3v) is 2.59. The molecule has 1 saturated heterocycles. The number of likely N-dealkylation sites (tertiary alicyclic amines) is 1. The average molecular weight is 200 g/mol. The zero-order valence-corrected chi connectivity index (χ0v) is 8.27. The second kappa shape index (κ2) is 4.41. The normalized spacial score (nSPS) is 24.0. The van der Waals surface area contributed by atoms with Gasteiger partial charge in [-0.05, 0) is 6.42 Å². The zero-order chi connectivity index (χ0) is 10.7. The van der Waals surface area contributed by atoms with Crippen LogP contribution in [-0.2, 0) is 9.59 Å². The van der Waals surface area contributed by atoms with Crippen LogP contribution in [0.2, 0.25) is 0 Å². The highest BCUT2D eigenvalue weighted by Crippen LogP contribution is 2.20. The highest BCUT2D eigenvalue weighted by molar-refractivity contribution is 5.87. The smallest absolute Gasteiger partial charge is 0.240 e. The van der Waals surface area contributed by atoms with Crippen molar-refractivity contribution in [1.29, 1.82) is 0 Å². The number of nitrogens with two attached hydrogens (primary N) is 1. The Labute approximate surface area is 82.9 Å². The second-order valence-electron chi connectivity index (χ2n) is 3.63. The molecule has 0 aromatic carbocycles. The van der Waals surface area contributed by atoms with Gasteiger partial charge in [-0.3, -0.25) is 9.59 Å². The Morgan fingerprint density at radius 3 is 2.79 bits per heavy atom. The molecule has 5 heteroatoms. The van der Waals surface area contributed by atoms with Gasteiger partial charge in [-0.15, -0.1) is 0 Å². The van der Waals surface area contributed by atoms with Gasteiger partial charge in [0.25, 0.3) is 0 Å². The number of hydrogen-bond acceptors (Lipinski definition) is 3. The summed E-state index contributed by atoms with van der Waals surface area (Å²) in [7, 11) is 0. The first-order chi connectivity index (χ1) is 6.60. The van der Waals surface area contributed by atoms with Gasteiger partial charge in [0.2, 0.25) is 11.8 Å². The first kappa shape index (κ1) is 11.0. The van der Waals surface area contributed by atoms with Crippen molar-refractivity contribution < 1.29 is 14.7 Å².